The molecule has 1 aliphatic rings. The van der Waals surface area contributed by atoms with Crippen LogP contribution in [-0.2, 0) is 16.2 Å². The number of nitrogens with zero attached hydrogens (tertiary/aromatic N) is 4. The molecule has 0 atom stereocenters. The predicted molar refractivity (Wildman–Crippen MR) is 304 cm³/mol. The Bertz CT molecular complexity index is 4160. The Morgan fingerprint density at radius 2 is 1.15 bits per heavy atom. The van der Waals surface area contributed by atoms with Gasteiger partial charge in [-0.15, -0.1) is 0 Å². The number of benzene rings is 8. The van der Waals surface area contributed by atoms with E-state index >= 15 is 0 Å². The summed E-state index contributed by atoms with van der Waals surface area (Å²) in [6.07, 6.45) is 1.86. The third-order valence-electron chi connectivity index (χ3n) is 13.6. The molecule has 3 heterocycles. The van der Waals surface area contributed by atoms with Crippen molar-refractivity contribution in [1.29, 1.82) is 0 Å². The summed E-state index contributed by atoms with van der Waals surface area (Å²) < 4.78 is 103. The molecule has 8 aromatic carbocycles. The molecule has 10 aromatic rings. The van der Waals surface area contributed by atoms with Gasteiger partial charge in [-0.05, 0) is 122 Å². The number of aryl methyl sites for hydroxylation is 1. The van der Waals surface area contributed by atoms with Gasteiger partial charge in [-0.3, -0.25) is 4.57 Å². The lowest BCUT2D eigenvalue weighted by Gasteiger charge is -2.29. The second kappa shape index (κ2) is 17.8. The van der Waals surface area contributed by atoms with E-state index in [1.54, 1.807) is 18.2 Å². The van der Waals surface area contributed by atoms with Crippen molar-refractivity contribution in [3.8, 4) is 50.7 Å². The fraction of sp³-hybridized carbons (Fsp3) is 0.209. The van der Waals surface area contributed by atoms with Crippen molar-refractivity contribution < 1.29 is 18.4 Å². The lowest BCUT2D eigenvalue weighted by molar-refractivity contribution is 0.483. The molecule has 11 rings (SSSR count). The molecule has 2 aromatic heterocycles. The smallest absolute Gasteiger partial charge is 0.137 e. The largest absolute Gasteiger partial charge is 0.457 e. The molecule has 0 amide bonds. The Hall–Kier alpha value is -7.89. The molecule has 1 aliphatic heterocycles. The first kappa shape index (κ1) is 36.1. The van der Waals surface area contributed by atoms with Crippen LogP contribution in [0.4, 0.5) is 22.7 Å². The molecule has 72 heavy (non-hydrogen) atoms. The third-order valence-corrected chi connectivity index (χ3v) is 13.6. The maximum absolute atomic E-state index is 10.0. The Balaban J connectivity index is 1.10. The first-order valence-electron chi connectivity index (χ1n) is 29.6. The van der Waals surface area contributed by atoms with Crippen molar-refractivity contribution >= 4 is 44.6 Å². The zero-order valence-electron chi connectivity index (χ0n) is 52.3. The average molecular weight is 951 g/mol. The van der Waals surface area contributed by atoms with Crippen LogP contribution in [0.15, 0.2) is 194 Å². The summed E-state index contributed by atoms with van der Waals surface area (Å²) in [5.41, 5.74) is 6.22. The Morgan fingerprint density at radius 1 is 0.514 bits per heavy atom. The van der Waals surface area contributed by atoms with Crippen LogP contribution in [0.3, 0.4) is 0 Å². The molecule has 0 aliphatic carbocycles. The van der Waals surface area contributed by atoms with E-state index in [0.29, 0.717) is 39.4 Å². The number of fused-ring (bicyclic) bond motifs is 4. The number of pyridine rings is 1. The molecule has 5 heteroatoms. The van der Waals surface area contributed by atoms with Gasteiger partial charge in [-0.25, -0.2) is 4.98 Å². The van der Waals surface area contributed by atoms with Crippen molar-refractivity contribution in [2.45, 2.75) is 85.4 Å². The highest BCUT2D eigenvalue weighted by molar-refractivity contribution is 6.09. The summed E-state index contributed by atoms with van der Waals surface area (Å²) in [4.78, 5) is 8.85. The van der Waals surface area contributed by atoms with Gasteiger partial charge < -0.3 is 14.5 Å². The molecule has 0 saturated heterocycles. The first-order valence-corrected chi connectivity index (χ1v) is 24.6. The van der Waals surface area contributed by atoms with Gasteiger partial charge in [0.1, 0.15) is 24.0 Å². The topological polar surface area (TPSA) is 33.5 Å². The van der Waals surface area contributed by atoms with Crippen molar-refractivity contribution in [2.75, 3.05) is 16.5 Å². The number of aromatic nitrogens is 2. The van der Waals surface area contributed by atoms with Crippen LogP contribution in [0.5, 0.6) is 11.5 Å². The van der Waals surface area contributed by atoms with Crippen LogP contribution >= 0.6 is 0 Å². The molecule has 0 radical (unpaired) electrons. The number of hydrogen-bond donors (Lipinski definition) is 0. The first-order chi connectivity index (χ1) is 38.6. The molecular weight excluding hydrogens is 877 g/mol. The third kappa shape index (κ3) is 8.61. The maximum Gasteiger partial charge on any atom is 0.137 e. The standard InChI is InChI=1S/C67H64N4O/c1-44-19-11-12-22-54(44)45-29-31-46(32-30-45)55-24-18-25-56(47-37-49(66(5,6)7)39-50(38-47)67(8,9)10)64(55)70-43-69(60-27-15-16-28-61(60)70)51-20-17-21-52(41-51)72-53-33-34-58-57-23-13-14-26-59(57)71(62(58)42-53)63-40-48(35-36-68-63)65(2,3)4/h11-42H,43H2,1-10H3/i1D3,18D,24D,25D,31D,32D,37D,38D. The Labute approximate surface area is 440 Å². The highest BCUT2D eigenvalue weighted by Crippen LogP contribution is 2.51. The molecule has 0 N–H and O–H groups in total. The van der Waals surface area contributed by atoms with Crippen molar-refractivity contribution in [3.05, 3.63) is 216 Å². The van der Waals surface area contributed by atoms with E-state index in [0.717, 1.165) is 44.6 Å². The zero-order chi connectivity index (χ0) is 58.7. The van der Waals surface area contributed by atoms with Gasteiger partial charge in [0.05, 0.1) is 37.7 Å². The molecule has 0 spiro atoms. The Kier molecular flexibility index (Phi) is 8.90. The molecule has 5 nitrogen and oxygen atoms in total. The summed E-state index contributed by atoms with van der Waals surface area (Å²) in [5.74, 6) is 1.96. The summed E-state index contributed by atoms with van der Waals surface area (Å²) in [6.45, 7) is 16.1. The minimum atomic E-state index is -2.50. The van der Waals surface area contributed by atoms with Crippen LogP contribution in [0.25, 0.3) is 61.0 Å². The van der Waals surface area contributed by atoms with Crippen LogP contribution in [0.1, 0.15) is 98.3 Å². The number of ether oxygens (including phenoxy) is 1. The fourth-order valence-electron chi connectivity index (χ4n) is 9.64. The van der Waals surface area contributed by atoms with Gasteiger partial charge in [0.25, 0.3) is 0 Å². The van der Waals surface area contributed by atoms with E-state index in [9.17, 15) is 9.60 Å². The predicted octanol–water partition coefficient (Wildman–Crippen LogP) is 18.4. The van der Waals surface area contributed by atoms with Crippen molar-refractivity contribution in [3.63, 3.8) is 0 Å². The summed E-state index contributed by atoms with van der Waals surface area (Å²) in [6, 6.07) is 43.6. The van der Waals surface area contributed by atoms with E-state index in [-0.39, 0.29) is 75.8 Å². The minimum absolute atomic E-state index is 0.000391. The Morgan fingerprint density at radius 3 is 1.88 bits per heavy atom. The number of hydrogen-bond acceptors (Lipinski definition) is 4. The van der Waals surface area contributed by atoms with E-state index in [1.165, 1.54) is 18.2 Å². The quantitative estimate of drug-likeness (QED) is 0.152. The van der Waals surface area contributed by atoms with Gasteiger partial charge in [0.15, 0.2) is 0 Å². The van der Waals surface area contributed by atoms with Crippen LogP contribution in [0, 0.1) is 6.85 Å². The van der Waals surface area contributed by atoms with Gasteiger partial charge in [-0.2, -0.15) is 0 Å². The van der Waals surface area contributed by atoms with Crippen molar-refractivity contribution in [1.82, 2.24) is 9.55 Å². The van der Waals surface area contributed by atoms with E-state index < -0.39 is 29.8 Å². The normalized spacial score (nSPS) is 15.2. The SMILES string of the molecule is [2H]c1cc(-c2ccccc2C([2H])([2H])[2H])cc([2H])c1-c1c([2H])c([2H])c([2H])c(-c2c([2H])c(C(C)(C)C)cc(C(C)(C)C)c2[2H])c1N1CN(c2cccc(Oc3ccc4c5ccccc5n(-c5cc(C(C)(C)C)ccn5)c4c3)c2)c2ccccc21. The summed E-state index contributed by atoms with van der Waals surface area (Å²) in [7, 11) is 0. The molecule has 0 saturated carbocycles. The minimum Gasteiger partial charge on any atom is -0.457 e. The number of rotatable bonds is 8. The summed E-state index contributed by atoms with van der Waals surface area (Å²) in [5, 5.41) is 2.14. The molecular formula is C67H64N4O. The summed E-state index contributed by atoms with van der Waals surface area (Å²) >= 11 is 0. The van der Waals surface area contributed by atoms with Crippen LogP contribution in [-0.4, -0.2) is 16.2 Å². The zero-order valence-corrected chi connectivity index (χ0v) is 42.3. The number of para-hydroxylation sites is 4. The highest BCUT2D eigenvalue weighted by atomic mass is 16.5. The van der Waals surface area contributed by atoms with Crippen LogP contribution < -0.4 is 14.5 Å². The second-order valence-corrected chi connectivity index (χ2v) is 21.8. The molecule has 358 valence electrons. The van der Waals surface area contributed by atoms with Gasteiger partial charge in [0, 0.05) is 50.0 Å². The van der Waals surface area contributed by atoms with E-state index in [2.05, 4.69) is 60.6 Å². The van der Waals surface area contributed by atoms with Gasteiger partial charge in [0.2, 0.25) is 0 Å². The second-order valence-electron chi connectivity index (χ2n) is 21.8. The molecule has 0 bridgehead atoms. The monoisotopic (exact) mass is 951 g/mol. The lowest BCUT2D eigenvalue weighted by Crippen LogP contribution is -2.25. The molecule has 0 fully saturated rings. The van der Waals surface area contributed by atoms with Crippen LogP contribution in [0.2, 0.25) is 0 Å². The van der Waals surface area contributed by atoms with Crippen molar-refractivity contribution in [2.24, 2.45) is 0 Å². The number of anilines is 4. The van der Waals surface area contributed by atoms with E-state index in [4.69, 9.17) is 13.8 Å². The fourth-order valence-corrected chi connectivity index (χ4v) is 9.64. The molecule has 0 unspecified atom stereocenters. The van der Waals surface area contributed by atoms with Gasteiger partial charge >= 0.3 is 0 Å². The van der Waals surface area contributed by atoms with Gasteiger partial charge in [-0.1, -0.05) is 183 Å². The maximum atomic E-state index is 10.0. The van der Waals surface area contributed by atoms with E-state index in [1.807, 2.05) is 132 Å². The highest BCUT2D eigenvalue weighted by Gasteiger charge is 2.32. The lowest BCUT2D eigenvalue weighted by atomic mass is 9.78. The average Bonchev–Trinajstić information content (AvgIpc) is 1.65.